The third-order valence-corrected chi connectivity index (χ3v) is 2.69. The van der Waals surface area contributed by atoms with Crippen LogP contribution in [-0.4, -0.2) is 13.1 Å². The van der Waals surface area contributed by atoms with Gasteiger partial charge in [0, 0.05) is 28.2 Å². The van der Waals surface area contributed by atoms with E-state index in [0.29, 0.717) is 16.6 Å². The van der Waals surface area contributed by atoms with E-state index in [4.69, 9.17) is 28.9 Å². The van der Waals surface area contributed by atoms with Crippen LogP contribution in [0.3, 0.4) is 0 Å². The molecule has 0 bridgehead atoms. The molecule has 0 saturated carbocycles. The summed E-state index contributed by atoms with van der Waals surface area (Å²) in [4.78, 5) is 0. The van der Waals surface area contributed by atoms with Crippen LogP contribution < -0.4 is 11.1 Å². The van der Waals surface area contributed by atoms with Gasteiger partial charge in [-0.1, -0.05) is 36.2 Å². The van der Waals surface area contributed by atoms with E-state index in [-0.39, 0.29) is 6.04 Å². The highest BCUT2D eigenvalue weighted by Gasteiger charge is 2.14. The normalized spacial score (nSPS) is 12.9. The summed E-state index contributed by atoms with van der Waals surface area (Å²) in [5.74, 6) is 0. The van der Waals surface area contributed by atoms with Gasteiger partial charge in [0.05, 0.1) is 0 Å². The third kappa shape index (κ3) is 2.61. The maximum Gasteiger partial charge on any atom is 0.0474 e. The first kappa shape index (κ1) is 11.8. The molecule has 0 fully saturated rings. The molecule has 1 aromatic rings. The van der Waals surface area contributed by atoms with Gasteiger partial charge in [-0.2, -0.15) is 0 Å². The second kappa shape index (κ2) is 5.56. The molecule has 0 aliphatic rings. The predicted octanol–water partition coefficient (Wildman–Crippen LogP) is 2.60. The summed E-state index contributed by atoms with van der Waals surface area (Å²) < 4.78 is 0. The Labute approximate surface area is 94.4 Å². The molecule has 2 nitrogen and oxygen atoms in total. The van der Waals surface area contributed by atoms with Crippen LogP contribution in [0.5, 0.6) is 0 Å². The van der Waals surface area contributed by atoms with Gasteiger partial charge in [-0.05, 0) is 18.7 Å². The molecule has 1 aromatic carbocycles. The molecule has 3 N–H and O–H groups in total. The standard InChI is InChI=1S/C10H14Cl2N2/c1-2-14-9(6-13)10-7(11)4-3-5-8(10)12/h3-5,9,14H,2,6,13H2,1H3. The Morgan fingerprint density at radius 3 is 2.36 bits per heavy atom. The topological polar surface area (TPSA) is 38.0 Å². The molecule has 4 heteroatoms. The molecule has 0 aliphatic carbocycles. The SMILES string of the molecule is CCNC(CN)c1c(Cl)cccc1Cl. The van der Waals surface area contributed by atoms with Crippen LogP contribution in [0.1, 0.15) is 18.5 Å². The summed E-state index contributed by atoms with van der Waals surface area (Å²) in [6.45, 7) is 3.34. The minimum absolute atomic E-state index is 0.0289. The Balaban J connectivity index is 3.02. The Kier molecular flexibility index (Phi) is 4.69. The molecule has 0 radical (unpaired) electrons. The fourth-order valence-electron chi connectivity index (χ4n) is 1.39. The second-order valence-electron chi connectivity index (χ2n) is 2.98. The Morgan fingerprint density at radius 1 is 1.36 bits per heavy atom. The van der Waals surface area contributed by atoms with E-state index < -0.39 is 0 Å². The van der Waals surface area contributed by atoms with E-state index in [2.05, 4.69) is 5.32 Å². The molecule has 1 unspecified atom stereocenters. The van der Waals surface area contributed by atoms with Crippen molar-refractivity contribution in [2.75, 3.05) is 13.1 Å². The van der Waals surface area contributed by atoms with E-state index in [9.17, 15) is 0 Å². The highest BCUT2D eigenvalue weighted by atomic mass is 35.5. The number of nitrogens with two attached hydrogens (primary N) is 1. The molecule has 0 spiro atoms. The summed E-state index contributed by atoms with van der Waals surface area (Å²) in [5.41, 5.74) is 6.54. The van der Waals surface area contributed by atoms with Crippen LogP contribution in [0.15, 0.2) is 18.2 Å². The van der Waals surface area contributed by atoms with Crippen molar-refractivity contribution in [1.29, 1.82) is 0 Å². The number of likely N-dealkylation sites (N-methyl/N-ethyl adjacent to an activating group) is 1. The summed E-state index contributed by atoms with van der Waals surface area (Å²) >= 11 is 12.1. The Hall–Kier alpha value is -0.280. The smallest absolute Gasteiger partial charge is 0.0474 e. The summed E-state index contributed by atoms with van der Waals surface area (Å²) in [6, 6.07) is 5.50. The fraction of sp³-hybridized carbons (Fsp3) is 0.400. The molecule has 0 amide bonds. The fourth-order valence-corrected chi connectivity index (χ4v) is 2.05. The molecule has 1 rings (SSSR count). The van der Waals surface area contributed by atoms with Crippen LogP contribution in [-0.2, 0) is 0 Å². The van der Waals surface area contributed by atoms with Gasteiger partial charge in [0.2, 0.25) is 0 Å². The minimum atomic E-state index is 0.0289. The van der Waals surface area contributed by atoms with E-state index in [0.717, 1.165) is 12.1 Å². The zero-order chi connectivity index (χ0) is 10.6. The molecule has 14 heavy (non-hydrogen) atoms. The van der Waals surface area contributed by atoms with Crippen LogP contribution >= 0.6 is 23.2 Å². The molecule has 0 heterocycles. The van der Waals surface area contributed by atoms with Gasteiger partial charge in [-0.3, -0.25) is 0 Å². The van der Waals surface area contributed by atoms with E-state index in [1.807, 2.05) is 25.1 Å². The lowest BCUT2D eigenvalue weighted by Crippen LogP contribution is -2.28. The number of halogens is 2. The molecule has 0 saturated heterocycles. The number of rotatable bonds is 4. The Morgan fingerprint density at radius 2 is 1.93 bits per heavy atom. The van der Waals surface area contributed by atoms with Crippen molar-refractivity contribution in [1.82, 2.24) is 5.32 Å². The molecule has 0 aliphatic heterocycles. The van der Waals surface area contributed by atoms with Crippen molar-refractivity contribution in [3.63, 3.8) is 0 Å². The molecule has 78 valence electrons. The summed E-state index contributed by atoms with van der Waals surface area (Å²) in [5, 5.41) is 4.56. The van der Waals surface area contributed by atoms with Crippen LogP contribution in [0.25, 0.3) is 0 Å². The lowest BCUT2D eigenvalue weighted by Gasteiger charge is -2.18. The second-order valence-corrected chi connectivity index (χ2v) is 3.80. The highest BCUT2D eigenvalue weighted by Crippen LogP contribution is 2.29. The van der Waals surface area contributed by atoms with Crippen LogP contribution in [0.4, 0.5) is 0 Å². The first-order valence-electron chi connectivity index (χ1n) is 4.58. The average Bonchev–Trinajstić information content (AvgIpc) is 2.16. The maximum absolute atomic E-state index is 6.06. The number of hydrogen-bond donors (Lipinski definition) is 2. The maximum atomic E-state index is 6.06. The summed E-state index contributed by atoms with van der Waals surface area (Å²) in [7, 11) is 0. The van der Waals surface area contributed by atoms with E-state index in [1.54, 1.807) is 0 Å². The van der Waals surface area contributed by atoms with Crippen molar-refractivity contribution in [2.45, 2.75) is 13.0 Å². The van der Waals surface area contributed by atoms with Crippen LogP contribution in [0.2, 0.25) is 10.0 Å². The van der Waals surface area contributed by atoms with E-state index in [1.165, 1.54) is 0 Å². The number of benzene rings is 1. The van der Waals surface area contributed by atoms with Gasteiger partial charge >= 0.3 is 0 Å². The predicted molar refractivity (Wildman–Crippen MR) is 61.9 cm³/mol. The number of hydrogen-bond acceptors (Lipinski definition) is 2. The molecular formula is C10H14Cl2N2. The van der Waals surface area contributed by atoms with Gasteiger partial charge in [0.25, 0.3) is 0 Å². The lowest BCUT2D eigenvalue weighted by atomic mass is 10.1. The molecule has 0 aromatic heterocycles. The summed E-state index contributed by atoms with van der Waals surface area (Å²) in [6.07, 6.45) is 0. The van der Waals surface area contributed by atoms with E-state index >= 15 is 0 Å². The van der Waals surface area contributed by atoms with Crippen LogP contribution in [0, 0.1) is 0 Å². The highest BCUT2D eigenvalue weighted by molar-refractivity contribution is 6.36. The zero-order valence-corrected chi connectivity index (χ0v) is 9.57. The first-order chi connectivity index (χ1) is 6.70. The minimum Gasteiger partial charge on any atom is -0.329 e. The van der Waals surface area contributed by atoms with Crippen molar-refractivity contribution in [3.8, 4) is 0 Å². The van der Waals surface area contributed by atoms with Gasteiger partial charge in [-0.15, -0.1) is 0 Å². The van der Waals surface area contributed by atoms with Gasteiger partial charge in [0.1, 0.15) is 0 Å². The monoisotopic (exact) mass is 232 g/mol. The molecule has 1 atom stereocenters. The quantitative estimate of drug-likeness (QED) is 0.838. The van der Waals surface area contributed by atoms with Crippen molar-refractivity contribution in [3.05, 3.63) is 33.8 Å². The largest absolute Gasteiger partial charge is 0.329 e. The van der Waals surface area contributed by atoms with Crippen molar-refractivity contribution >= 4 is 23.2 Å². The Bertz CT molecular complexity index is 282. The van der Waals surface area contributed by atoms with Crippen molar-refractivity contribution < 1.29 is 0 Å². The average molecular weight is 233 g/mol. The zero-order valence-electron chi connectivity index (χ0n) is 8.06. The third-order valence-electron chi connectivity index (χ3n) is 2.03. The van der Waals surface area contributed by atoms with Gasteiger partial charge in [-0.25, -0.2) is 0 Å². The first-order valence-corrected chi connectivity index (χ1v) is 5.33. The molecular weight excluding hydrogens is 219 g/mol. The van der Waals surface area contributed by atoms with Crippen molar-refractivity contribution in [2.24, 2.45) is 5.73 Å². The lowest BCUT2D eigenvalue weighted by molar-refractivity contribution is 0.562. The van der Waals surface area contributed by atoms with Gasteiger partial charge in [0.15, 0.2) is 0 Å². The van der Waals surface area contributed by atoms with Gasteiger partial charge < -0.3 is 11.1 Å². The number of nitrogens with one attached hydrogen (secondary N) is 1.